The molecule has 112 valence electrons. The van der Waals surface area contributed by atoms with Crippen molar-refractivity contribution in [2.45, 2.75) is 39.7 Å². The van der Waals surface area contributed by atoms with Gasteiger partial charge in [-0.25, -0.2) is 4.98 Å². The Morgan fingerprint density at radius 2 is 1.95 bits per heavy atom. The van der Waals surface area contributed by atoms with E-state index in [4.69, 9.17) is 11.6 Å². The number of fused-ring (bicyclic) bond motifs is 1. The van der Waals surface area contributed by atoms with Gasteiger partial charge in [-0.05, 0) is 37.1 Å². The fraction of sp³-hybridized carbons (Fsp3) is 0.412. The van der Waals surface area contributed by atoms with E-state index in [1.165, 1.54) is 0 Å². The Kier molecular flexibility index (Phi) is 5.18. The van der Waals surface area contributed by atoms with Gasteiger partial charge in [-0.15, -0.1) is 0 Å². The van der Waals surface area contributed by atoms with Crippen molar-refractivity contribution in [3.05, 3.63) is 41.2 Å². The molecular weight excluding hydrogens is 284 g/mol. The van der Waals surface area contributed by atoms with Gasteiger partial charge in [-0.3, -0.25) is 4.79 Å². The number of halogens is 1. The Morgan fingerprint density at radius 3 is 2.67 bits per heavy atom. The molecule has 2 aromatic rings. The maximum Gasteiger partial charge on any atom is 0.270 e. The van der Waals surface area contributed by atoms with E-state index in [-0.39, 0.29) is 11.9 Å². The highest BCUT2D eigenvalue weighted by atomic mass is 35.5. The van der Waals surface area contributed by atoms with E-state index < -0.39 is 0 Å². The van der Waals surface area contributed by atoms with Crippen LogP contribution in [0.1, 0.15) is 44.1 Å². The van der Waals surface area contributed by atoms with Crippen LogP contribution in [0.15, 0.2) is 30.3 Å². The summed E-state index contributed by atoms with van der Waals surface area (Å²) in [5.41, 5.74) is 0.370. The highest BCUT2D eigenvalue weighted by molar-refractivity contribution is 6.34. The quantitative estimate of drug-likeness (QED) is 0.830. The van der Waals surface area contributed by atoms with Crippen LogP contribution in [-0.4, -0.2) is 16.9 Å². The summed E-state index contributed by atoms with van der Waals surface area (Å²) < 4.78 is 0. The number of carbonyl (C=O) groups excluding carboxylic acids is 1. The minimum Gasteiger partial charge on any atom is -0.348 e. The first-order valence-electron chi connectivity index (χ1n) is 7.33. The lowest BCUT2D eigenvalue weighted by Gasteiger charge is -2.15. The smallest absolute Gasteiger partial charge is 0.270 e. The lowest BCUT2D eigenvalue weighted by molar-refractivity contribution is 0.0932. The Labute approximate surface area is 130 Å². The lowest BCUT2D eigenvalue weighted by Crippen LogP contribution is -2.33. The van der Waals surface area contributed by atoms with Crippen LogP contribution in [0.25, 0.3) is 10.8 Å². The summed E-state index contributed by atoms with van der Waals surface area (Å²) in [6, 6.07) is 9.58. The molecule has 21 heavy (non-hydrogen) atoms. The Hall–Kier alpha value is -1.61. The van der Waals surface area contributed by atoms with Gasteiger partial charge in [-0.1, -0.05) is 49.7 Å². The molecule has 1 unspecified atom stereocenters. The van der Waals surface area contributed by atoms with E-state index in [0.717, 1.165) is 23.6 Å². The summed E-state index contributed by atoms with van der Waals surface area (Å²) in [6.45, 7) is 6.38. The molecule has 1 N–H and O–H groups in total. The zero-order chi connectivity index (χ0) is 15.4. The monoisotopic (exact) mass is 304 g/mol. The molecule has 4 heteroatoms. The molecule has 1 atom stereocenters. The first kappa shape index (κ1) is 15.8. The number of amides is 1. The number of benzene rings is 1. The van der Waals surface area contributed by atoms with E-state index in [1.54, 1.807) is 6.07 Å². The van der Waals surface area contributed by atoms with Crippen molar-refractivity contribution < 1.29 is 4.79 Å². The third kappa shape index (κ3) is 4.18. The molecule has 0 radical (unpaired) electrons. The van der Waals surface area contributed by atoms with Crippen molar-refractivity contribution in [1.29, 1.82) is 0 Å². The molecule has 0 saturated carbocycles. The van der Waals surface area contributed by atoms with Crippen molar-refractivity contribution in [3.8, 4) is 0 Å². The van der Waals surface area contributed by atoms with E-state index in [2.05, 4.69) is 24.1 Å². The van der Waals surface area contributed by atoms with Crippen molar-refractivity contribution >= 4 is 28.3 Å². The minimum atomic E-state index is -0.168. The lowest BCUT2D eigenvalue weighted by atomic mass is 10.0. The molecule has 1 aromatic carbocycles. The average Bonchev–Trinajstić information content (AvgIpc) is 2.45. The van der Waals surface area contributed by atoms with Gasteiger partial charge in [-0.2, -0.15) is 0 Å². The molecule has 0 aliphatic heterocycles. The maximum absolute atomic E-state index is 12.3. The van der Waals surface area contributed by atoms with E-state index in [0.29, 0.717) is 16.8 Å². The fourth-order valence-corrected chi connectivity index (χ4v) is 2.49. The summed E-state index contributed by atoms with van der Waals surface area (Å²) in [7, 11) is 0. The second kappa shape index (κ2) is 6.90. The van der Waals surface area contributed by atoms with Gasteiger partial charge in [0, 0.05) is 11.4 Å². The topological polar surface area (TPSA) is 42.0 Å². The van der Waals surface area contributed by atoms with Crippen LogP contribution in [-0.2, 0) is 0 Å². The third-order valence-corrected chi connectivity index (χ3v) is 3.77. The van der Waals surface area contributed by atoms with Gasteiger partial charge in [0.05, 0.1) is 0 Å². The van der Waals surface area contributed by atoms with Crippen LogP contribution >= 0.6 is 11.6 Å². The SMILES string of the molecule is CC(C)CCC(C)NC(=O)c1cc2ccccc2c(Cl)n1. The van der Waals surface area contributed by atoms with Gasteiger partial charge in [0.25, 0.3) is 5.91 Å². The number of carbonyl (C=O) groups is 1. The maximum atomic E-state index is 12.3. The number of pyridine rings is 1. The number of nitrogens with zero attached hydrogens (tertiary/aromatic N) is 1. The van der Waals surface area contributed by atoms with Crippen LogP contribution in [0.4, 0.5) is 0 Å². The molecule has 0 spiro atoms. The summed E-state index contributed by atoms with van der Waals surface area (Å²) in [5.74, 6) is 0.469. The highest BCUT2D eigenvalue weighted by Crippen LogP contribution is 2.22. The summed E-state index contributed by atoms with van der Waals surface area (Å²) in [4.78, 5) is 16.5. The zero-order valence-corrected chi connectivity index (χ0v) is 13.4. The van der Waals surface area contributed by atoms with E-state index >= 15 is 0 Å². The number of hydrogen-bond donors (Lipinski definition) is 1. The molecule has 1 aromatic heterocycles. The van der Waals surface area contributed by atoms with Crippen LogP contribution in [0.5, 0.6) is 0 Å². The Morgan fingerprint density at radius 1 is 1.24 bits per heavy atom. The van der Waals surface area contributed by atoms with Crippen molar-refractivity contribution in [1.82, 2.24) is 10.3 Å². The molecule has 0 aliphatic rings. The molecule has 0 fully saturated rings. The van der Waals surface area contributed by atoms with Crippen LogP contribution < -0.4 is 5.32 Å². The van der Waals surface area contributed by atoms with Crippen molar-refractivity contribution in [2.75, 3.05) is 0 Å². The second-order valence-corrected chi connectivity index (χ2v) is 6.22. The normalized spacial score (nSPS) is 12.6. The number of nitrogens with one attached hydrogen (secondary N) is 1. The molecule has 0 aliphatic carbocycles. The van der Waals surface area contributed by atoms with Gasteiger partial charge in [0.1, 0.15) is 10.8 Å². The molecule has 3 nitrogen and oxygen atoms in total. The summed E-state index contributed by atoms with van der Waals surface area (Å²) in [5, 5.41) is 5.14. The van der Waals surface area contributed by atoms with Crippen molar-refractivity contribution in [2.24, 2.45) is 5.92 Å². The Balaban J connectivity index is 2.12. The number of aromatic nitrogens is 1. The van der Waals surface area contributed by atoms with Crippen LogP contribution in [0.3, 0.4) is 0 Å². The largest absolute Gasteiger partial charge is 0.348 e. The molecular formula is C17H21ClN2O. The molecule has 0 bridgehead atoms. The fourth-order valence-electron chi connectivity index (χ4n) is 2.23. The number of rotatable bonds is 5. The predicted octanol–water partition coefficient (Wildman–Crippen LogP) is 4.44. The molecule has 1 heterocycles. The highest BCUT2D eigenvalue weighted by Gasteiger charge is 2.13. The van der Waals surface area contributed by atoms with Gasteiger partial charge >= 0.3 is 0 Å². The minimum absolute atomic E-state index is 0.131. The average molecular weight is 305 g/mol. The van der Waals surface area contributed by atoms with E-state index in [9.17, 15) is 4.79 Å². The third-order valence-electron chi connectivity index (χ3n) is 3.48. The molecule has 2 rings (SSSR count). The van der Waals surface area contributed by atoms with Crippen molar-refractivity contribution in [3.63, 3.8) is 0 Å². The van der Waals surface area contributed by atoms with Gasteiger partial charge in [0.2, 0.25) is 0 Å². The predicted molar refractivity (Wildman–Crippen MR) is 87.8 cm³/mol. The summed E-state index contributed by atoms with van der Waals surface area (Å²) in [6.07, 6.45) is 2.05. The Bertz CT molecular complexity index is 640. The number of hydrogen-bond acceptors (Lipinski definition) is 2. The first-order valence-corrected chi connectivity index (χ1v) is 7.71. The second-order valence-electron chi connectivity index (χ2n) is 5.87. The van der Waals surface area contributed by atoms with Gasteiger partial charge in [0.15, 0.2) is 0 Å². The van der Waals surface area contributed by atoms with Gasteiger partial charge < -0.3 is 5.32 Å². The standard InChI is InChI=1S/C17H21ClN2O/c1-11(2)8-9-12(3)19-17(21)15-10-13-6-4-5-7-14(13)16(18)20-15/h4-7,10-12H,8-9H2,1-3H3,(H,19,21). The molecule has 0 saturated heterocycles. The zero-order valence-electron chi connectivity index (χ0n) is 12.7. The first-order chi connectivity index (χ1) is 9.97. The van der Waals surface area contributed by atoms with Crippen LogP contribution in [0.2, 0.25) is 5.15 Å². The molecule has 1 amide bonds. The summed E-state index contributed by atoms with van der Waals surface area (Å²) >= 11 is 6.15. The van der Waals surface area contributed by atoms with Crippen LogP contribution in [0, 0.1) is 5.92 Å². The van der Waals surface area contributed by atoms with E-state index in [1.807, 2.05) is 31.2 Å².